The number of pyridine rings is 1. The number of aliphatic hydroxyl groups excluding tert-OH is 1. The van der Waals surface area contributed by atoms with Gasteiger partial charge in [-0.15, -0.1) is 6.42 Å². The smallest absolute Gasteiger partial charge is 0.258 e. The van der Waals surface area contributed by atoms with Gasteiger partial charge < -0.3 is 14.9 Å². The first kappa shape index (κ1) is 13.8. The minimum Gasteiger partial charge on any atom is -0.385 e. The van der Waals surface area contributed by atoms with Gasteiger partial charge in [0.15, 0.2) is 5.76 Å². The second-order valence-corrected chi connectivity index (χ2v) is 4.07. The summed E-state index contributed by atoms with van der Waals surface area (Å²) in [6.45, 7) is 1.57. The lowest BCUT2D eigenvalue weighted by molar-refractivity contribution is 0.0946. The largest absolute Gasteiger partial charge is 0.385 e. The molecule has 6 heteroatoms. The van der Waals surface area contributed by atoms with Crippen molar-refractivity contribution in [3.8, 4) is 23.6 Å². The maximum absolute atomic E-state index is 12.1. The molecule has 0 saturated heterocycles. The van der Waals surface area contributed by atoms with Crippen molar-refractivity contribution in [2.45, 2.75) is 13.0 Å². The molecule has 1 atom stereocenters. The number of rotatable bonds is 4. The van der Waals surface area contributed by atoms with Gasteiger partial charge in [-0.1, -0.05) is 11.1 Å². The zero-order chi connectivity index (χ0) is 14.5. The van der Waals surface area contributed by atoms with Gasteiger partial charge in [0, 0.05) is 18.0 Å². The minimum atomic E-state index is -0.959. The van der Waals surface area contributed by atoms with Crippen LogP contribution < -0.4 is 5.32 Å². The zero-order valence-corrected chi connectivity index (χ0v) is 10.8. The highest BCUT2D eigenvalue weighted by atomic mass is 16.5. The monoisotopic (exact) mass is 271 g/mol. The maximum atomic E-state index is 12.1. The number of hydrogen-bond acceptors (Lipinski definition) is 5. The van der Waals surface area contributed by atoms with Crippen molar-refractivity contribution in [3.63, 3.8) is 0 Å². The average molecular weight is 271 g/mol. The highest BCUT2D eigenvalue weighted by Crippen LogP contribution is 2.28. The number of aromatic nitrogens is 2. The van der Waals surface area contributed by atoms with Gasteiger partial charge in [0.2, 0.25) is 0 Å². The van der Waals surface area contributed by atoms with E-state index in [1.807, 2.05) is 0 Å². The molecule has 20 heavy (non-hydrogen) atoms. The summed E-state index contributed by atoms with van der Waals surface area (Å²) in [4.78, 5) is 16.1. The van der Waals surface area contributed by atoms with Crippen LogP contribution in [0.1, 0.15) is 29.1 Å². The Labute approximate surface area is 115 Å². The lowest BCUT2D eigenvalue weighted by atomic mass is 10.0. The van der Waals surface area contributed by atoms with E-state index < -0.39 is 12.0 Å². The zero-order valence-electron chi connectivity index (χ0n) is 10.8. The fourth-order valence-corrected chi connectivity index (χ4v) is 1.73. The number of nitrogens with one attached hydrogen (secondary N) is 1. The van der Waals surface area contributed by atoms with Crippen LogP contribution in [-0.4, -0.2) is 27.7 Å². The molecule has 0 bridgehead atoms. The van der Waals surface area contributed by atoms with Crippen LogP contribution in [-0.2, 0) is 0 Å². The third-order valence-electron chi connectivity index (χ3n) is 2.61. The SMILES string of the molecule is C#CCNC(=O)c1c(-c2cccnc2)noc1C(C)O. The summed E-state index contributed by atoms with van der Waals surface area (Å²) >= 11 is 0. The Hall–Kier alpha value is -2.65. The first-order valence-electron chi connectivity index (χ1n) is 5.94. The normalized spacial score (nSPS) is 11.7. The Kier molecular flexibility index (Phi) is 4.13. The molecule has 102 valence electrons. The summed E-state index contributed by atoms with van der Waals surface area (Å²) < 4.78 is 5.07. The Morgan fingerprint density at radius 2 is 2.45 bits per heavy atom. The van der Waals surface area contributed by atoms with Gasteiger partial charge in [0.05, 0.1) is 6.54 Å². The van der Waals surface area contributed by atoms with Gasteiger partial charge in [0.25, 0.3) is 5.91 Å². The molecule has 0 spiro atoms. The van der Waals surface area contributed by atoms with E-state index >= 15 is 0 Å². The van der Waals surface area contributed by atoms with Crippen molar-refractivity contribution >= 4 is 5.91 Å². The molecular formula is C14H13N3O3. The van der Waals surface area contributed by atoms with Crippen LogP contribution in [0.25, 0.3) is 11.3 Å². The lowest BCUT2D eigenvalue weighted by Crippen LogP contribution is -2.25. The van der Waals surface area contributed by atoms with E-state index in [2.05, 4.69) is 21.4 Å². The number of carbonyl (C=O) groups excluding carboxylic acids is 1. The molecule has 0 aliphatic rings. The number of aliphatic hydroxyl groups is 1. The van der Waals surface area contributed by atoms with Crippen LogP contribution in [0.5, 0.6) is 0 Å². The topological polar surface area (TPSA) is 88.3 Å². The number of amides is 1. The standard InChI is InChI=1S/C14H13N3O3/c1-3-6-16-14(19)11-12(10-5-4-7-15-8-10)17-20-13(11)9(2)18/h1,4-5,7-9,18H,6H2,2H3,(H,16,19). The summed E-state index contributed by atoms with van der Waals surface area (Å²) in [5.41, 5.74) is 1.11. The van der Waals surface area contributed by atoms with Gasteiger partial charge in [-0.05, 0) is 19.1 Å². The van der Waals surface area contributed by atoms with Gasteiger partial charge in [0.1, 0.15) is 17.4 Å². The van der Waals surface area contributed by atoms with Crippen LogP contribution in [0.2, 0.25) is 0 Å². The molecule has 2 aromatic rings. The van der Waals surface area contributed by atoms with Gasteiger partial charge in [-0.2, -0.15) is 0 Å². The third kappa shape index (κ3) is 2.68. The van der Waals surface area contributed by atoms with Crippen LogP contribution in [0.3, 0.4) is 0 Å². The molecule has 2 N–H and O–H groups in total. The van der Waals surface area contributed by atoms with Crippen LogP contribution in [0, 0.1) is 12.3 Å². The second-order valence-electron chi connectivity index (χ2n) is 4.07. The highest BCUT2D eigenvalue weighted by Gasteiger charge is 2.26. The van der Waals surface area contributed by atoms with E-state index in [0.29, 0.717) is 11.3 Å². The molecule has 1 unspecified atom stereocenters. The second kappa shape index (κ2) is 5.99. The van der Waals surface area contributed by atoms with Crippen LogP contribution in [0.15, 0.2) is 29.0 Å². The lowest BCUT2D eigenvalue weighted by Gasteiger charge is -2.05. The molecule has 0 aliphatic heterocycles. The first-order valence-corrected chi connectivity index (χ1v) is 5.94. The van der Waals surface area contributed by atoms with Crippen LogP contribution in [0.4, 0.5) is 0 Å². The van der Waals surface area contributed by atoms with Gasteiger partial charge in [-0.3, -0.25) is 9.78 Å². The maximum Gasteiger partial charge on any atom is 0.258 e. The van der Waals surface area contributed by atoms with Crippen molar-refractivity contribution in [1.29, 1.82) is 0 Å². The van der Waals surface area contributed by atoms with E-state index in [0.717, 1.165) is 0 Å². The Balaban J connectivity index is 2.48. The van der Waals surface area contributed by atoms with Crippen LogP contribution >= 0.6 is 0 Å². The van der Waals surface area contributed by atoms with Gasteiger partial charge >= 0.3 is 0 Å². The Bertz CT molecular complexity index is 641. The van der Waals surface area contributed by atoms with Crippen molar-refractivity contribution in [3.05, 3.63) is 35.9 Å². The quantitative estimate of drug-likeness (QED) is 0.814. The van der Waals surface area contributed by atoms with Gasteiger partial charge in [-0.25, -0.2) is 0 Å². The molecule has 2 heterocycles. The molecule has 0 aromatic carbocycles. The fourth-order valence-electron chi connectivity index (χ4n) is 1.73. The number of terminal acetylenes is 1. The van der Waals surface area contributed by atoms with Crippen molar-refractivity contribution in [2.24, 2.45) is 0 Å². The molecule has 1 amide bonds. The summed E-state index contributed by atoms with van der Waals surface area (Å²) in [6, 6.07) is 3.46. The third-order valence-corrected chi connectivity index (χ3v) is 2.61. The molecule has 0 fully saturated rings. The van der Waals surface area contributed by atoms with Crippen molar-refractivity contribution in [2.75, 3.05) is 6.54 Å². The molecule has 0 saturated carbocycles. The van der Waals surface area contributed by atoms with Crippen molar-refractivity contribution in [1.82, 2.24) is 15.5 Å². The molecule has 2 rings (SSSR count). The van der Waals surface area contributed by atoms with E-state index in [1.54, 1.807) is 24.5 Å². The average Bonchev–Trinajstić information content (AvgIpc) is 2.90. The van der Waals surface area contributed by atoms with E-state index in [1.165, 1.54) is 6.92 Å². The molecular weight excluding hydrogens is 258 g/mol. The molecule has 0 radical (unpaired) electrons. The number of carbonyl (C=O) groups is 1. The summed E-state index contributed by atoms with van der Waals surface area (Å²) in [7, 11) is 0. The van der Waals surface area contributed by atoms with Crippen molar-refractivity contribution < 1.29 is 14.4 Å². The predicted octanol–water partition coefficient (Wildman–Crippen LogP) is 1.15. The summed E-state index contributed by atoms with van der Waals surface area (Å²) in [5.74, 6) is 1.96. The van der Waals surface area contributed by atoms with E-state index in [4.69, 9.17) is 10.9 Å². The predicted molar refractivity (Wildman–Crippen MR) is 71.5 cm³/mol. The molecule has 6 nitrogen and oxygen atoms in total. The summed E-state index contributed by atoms with van der Waals surface area (Å²) in [6.07, 6.45) is 7.32. The molecule has 2 aromatic heterocycles. The van der Waals surface area contributed by atoms with E-state index in [-0.39, 0.29) is 17.9 Å². The Morgan fingerprint density at radius 3 is 3.05 bits per heavy atom. The summed E-state index contributed by atoms with van der Waals surface area (Å²) in [5, 5.41) is 16.1. The Morgan fingerprint density at radius 1 is 1.65 bits per heavy atom. The van der Waals surface area contributed by atoms with E-state index in [9.17, 15) is 9.90 Å². The minimum absolute atomic E-state index is 0.0791. The highest BCUT2D eigenvalue weighted by molar-refractivity contribution is 6.01. The number of hydrogen-bond donors (Lipinski definition) is 2. The number of nitrogens with zero attached hydrogens (tertiary/aromatic N) is 2. The first-order chi connectivity index (χ1) is 9.65. The molecule has 0 aliphatic carbocycles. The fraction of sp³-hybridized carbons (Fsp3) is 0.214.